The molecule has 7 N–H and O–H groups in total. The van der Waals surface area contributed by atoms with Gasteiger partial charge in [-0.15, -0.1) is 0 Å². The van der Waals surface area contributed by atoms with Gasteiger partial charge in [0.1, 0.15) is 90.2 Å². The number of carbonyl (C=O) groups excluding carboxylic acids is 3. The van der Waals surface area contributed by atoms with Gasteiger partial charge in [0.2, 0.25) is 0 Å². The van der Waals surface area contributed by atoms with Gasteiger partial charge < -0.3 is 112 Å². The molecule has 0 bridgehead atoms. The predicted molar refractivity (Wildman–Crippen MR) is 309 cm³/mol. The Balaban J connectivity index is 0.746. The number of methoxy groups -OCH3 is 4. The highest BCUT2D eigenvalue weighted by Gasteiger charge is 2.81. The van der Waals surface area contributed by atoms with E-state index < -0.39 is 200 Å². The van der Waals surface area contributed by atoms with Gasteiger partial charge in [0.25, 0.3) is 0 Å². The minimum Gasteiger partial charge on any atom is -0.458 e. The molecule has 0 aromatic heterocycles. The van der Waals surface area contributed by atoms with Crippen molar-refractivity contribution in [3.8, 4) is 0 Å². The molecule has 0 spiro atoms. The van der Waals surface area contributed by atoms with Crippen molar-refractivity contribution in [3.63, 3.8) is 0 Å². The zero-order chi connectivity index (χ0) is 65.1. The van der Waals surface area contributed by atoms with Crippen molar-refractivity contribution in [2.75, 3.05) is 35.0 Å². The van der Waals surface area contributed by atoms with E-state index >= 15 is 0 Å². The van der Waals surface area contributed by atoms with Gasteiger partial charge in [-0.25, -0.2) is 4.79 Å². The Morgan fingerprint density at radius 2 is 1.12 bits per heavy atom. The second kappa shape index (κ2) is 27.8. The van der Waals surface area contributed by atoms with Gasteiger partial charge in [-0.3, -0.25) is 9.59 Å². The van der Waals surface area contributed by atoms with Crippen LogP contribution in [0, 0.1) is 22.7 Å². The smallest absolute Gasteiger partial charge is 0.338 e. The minimum atomic E-state index is -1.92. The third kappa shape index (κ3) is 12.6. The molecule has 26 heteroatoms. The Morgan fingerprint density at radius 1 is 0.589 bits per heavy atom. The number of aliphatic hydroxyl groups excluding tert-OH is 5. The number of hydrogen-bond donors (Lipinski definition) is 7. The van der Waals surface area contributed by atoms with Crippen molar-refractivity contribution in [3.05, 3.63) is 47.5 Å². The van der Waals surface area contributed by atoms with E-state index in [1.807, 2.05) is 26.8 Å². The van der Waals surface area contributed by atoms with E-state index in [-0.39, 0.29) is 49.6 Å². The normalized spacial score (nSPS) is 48.7. The maximum Gasteiger partial charge on any atom is 0.338 e. The van der Waals surface area contributed by atoms with Gasteiger partial charge in [0.05, 0.1) is 61.0 Å². The highest BCUT2D eigenvalue weighted by atomic mass is 16.8. The van der Waals surface area contributed by atoms with E-state index in [1.54, 1.807) is 65.3 Å². The number of ether oxygens (including phenoxy) is 16. The van der Waals surface area contributed by atoms with Crippen LogP contribution >= 0.6 is 0 Å². The molecule has 31 atom stereocenters. The summed E-state index contributed by atoms with van der Waals surface area (Å²) in [6.07, 6.45) is -19.5. The monoisotopic (exact) mass is 1280 g/mol. The lowest BCUT2D eigenvalue weighted by atomic mass is 9.42. The van der Waals surface area contributed by atoms with Gasteiger partial charge in [-0.1, -0.05) is 43.7 Å². The molecule has 26 nitrogen and oxygen atoms in total. The van der Waals surface area contributed by atoms with E-state index in [0.29, 0.717) is 25.7 Å². The topological polar surface area (TPSA) is 340 Å². The van der Waals surface area contributed by atoms with Crippen LogP contribution in [-0.4, -0.2) is 253 Å². The van der Waals surface area contributed by atoms with Gasteiger partial charge in [-0.2, -0.15) is 0 Å². The lowest BCUT2D eigenvalue weighted by molar-refractivity contribution is -0.374. The first-order valence-electron chi connectivity index (χ1n) is 31.8. The van der Waals surface area contributed by atoms with Crippen LogP contribution < -0.4 is 0 Å². The van der Waals surface area contributed by atoms with E-state index in [0.717, 1.165) is 5.57 Å². The quantitative estimate of drug-likeness (QED) is 0.0770. The standard InChI is InChI=1S/C64H96O26/c1-29(66)38-20-23-64(74)62(38,8)57(90-58(72)35-16-14-13-15-17-35)55(83-34(6)67)56-61(7)21-19-37(24-36(61)18-22-63(56,64)73)84-43-25-39(75-9)50(30(2)79-43)86-44-26-40(76-10)51(31(3)80-44)87-45-27-41(77-11)52(32(4)81-45)88-60-49(71)54(78-12)53(33(5)82-60)89-59-48(70)47(69)46(68)42(28-65)85-59/h13-18,30-33,37-57,59-60,65,68-71,73-74H,19-28H2,1-12H3/t30-,31-,32-,33-,37+,38-,39+,40+,41-,42-,43+,44+,45+,46-,47+,48-,49-,50-,51-,52-,53-,54+,55+,56-,57-,59+,60+,61+,62+,63+,64-/m1/s1. The fraction of sp³-hybridized carbons (Fsp3) is 0.828. The van der Waals surface area contributed by atoms with Crippen molar-refractivity contribution >= 4 is 17.7 Å². The molecular weight excluding hydrogens is 1180 g/mol. The molecule has 90 heavy (non-hydrogen) atoms. The number of benzene rings is 1. The summed E-state index contributed by atoms with van der Waals surface area (Å²) in [4.78, 5) is 40.8. The molecule has 4 aliphatic carbocycles. The summed E-state index contributed by atoms with van der Waals surface area (Å²) >= 11 is 0. The highest BCUT2D eigenvalue weighted by Crippen LogP contribution is 2.71. The summed E-state index contributed by atoms with van der Waals surface area (Å²) in [5.74, 6) is -3.36. The SMILES string of the molecule is CO[C@H]1[C@@H](O)[C@H](O[C@@H]2[C@@H](C)O[C@@H](O[C@H]3[C@@H](OC)C[C@H](O[C@H]4[C@@H](OC)C[C@H](O[C@H]5CC[C@@]6(C)C(=CC[C@]7(O)[C@@H]6[C@H](OC(C)=O)[C@@H](OC(=O)c6ccccc6)[C@]6(C)[C@@H](C(C)=O)CC[C@@]67O)C5)O[C@@H]4C)O[C@@H]3C)C[C@H]2OC)O[C@H](C)[C@H]1O[C@@H]1O[C@H](CO)[C@@H](O)[C@H](O)[C@H]1O. The zero-order valence-corrected chi connectivity index (χ0v) is 53.5. The average molecular weight is 1280 g/mol. The van der Waals surface area contributed by atoms with Crippen LogP contribution in [0.1, 0.15) is 124 Å². The largest absolute Gasteiger partial charge is 0.458 e. The highest BCUT2D eigenvalue weighted by molar-refractivity contribution is 5.89. The van der Waals surface area contributed by atoms with E-state index in [1.165, 1.54) is 28.1 Å². The molecule has 0 amide bonds. The minimum absolute atomic E-state index is 0.0100. The van der Waals surface area contributed by atoms with Crippen LogP contribution in [0.2, 0.25) is 0 Å². The van der Waals surface area contributed by atoms with E-state index in [9.17, 15) is 50.1 Å². The fourth-order valence-corrected chi connectivity index (χ4v) is 16.9. The average Bonchev–Trinajstić information content (AvgIpc) is 1.26. The number of carbonyl (C=O) groups is 3. The lowest BCUT2D eigenvalue weighted by Gasteiger charge is -2.68. The summed E-state index contributed by atoms with van der Waals surface area (Å²) in [6.45, 7) is 12.9. The van der Waals surface area contributed by atoms with Crippen molar-refractivity contribution in [1.82, 2.24) is 0 Å². The van der Waals surface area contributed by atoms with Gasteiger partial charge in [0, 0.05) is 71.9 Å². The molecule has 0 radical (unpaired) electrons. The Kier molecular flexibility index (Phi) is 21.5. The number of esters is 2. The summed E-state index contributed by atoms with van der Waals surface area (Å²) in [5, 5.41) is 79.0. The second-order valence-corrected chi connectivity index (χ2v) is 26.7. The van der Waals surface area contributed by atoms with Gasteiger partial charge in [0.15, 0.2) is 31.5 Å². The third-order valence-electron chi connectivity index (χ3n) is 21.6. The Labute approximate surface area is 525 Å². The number of hydrogen-bond acceptors (Lipinski definition) is 26. The molecule has 10 rings (SSSR count). The molecule has 508 valence electrons. The number of rotatable bonds is 19. The summed E-state index contributed by atoms with van der Waals surface area (Å²) in [6, 6.07) is 8.37. The zero-order valence-electron chi connectivity index (χ0n) is 53.5. The maximum atomic E-state index is 14.0. The Hall–Kier alpha value is -3.27. The molecule has 8 fully saturated rings. The number of Topliss-reactive ketones (excluding diaryl/α,β-unsaturated/α-hetero) is 1. The molecule has 5 aliphatic heterocycles. The van der Waals surface area contributed by atoms with Crippen LogP contribution in [0.4, 0.5) is 0 Å². The summed E-state index contributed by atoms with van der Waals surface area (Å²) in [7, 11) is 6.07. The number of fused-ring (bicyclic) bond motifs is 5. The van der Waals surface area contributed by atoms with Crippen LogP contribution in [-0.2, 0) is 85.4 Å². The Morgan fingerprint density at radius 3 is 1.66 bits per heavy atom. The molecular formula is C64H96O26. The van der Waals surface area contributed by atoms with E-state index in [4.69, 9.17) is 75.8 Å². The molecule has 1 aromatic rings. The van der Waals surface area contributed by atoms with Crippen LogP contribution in [0.15, 0.2) is 42.0 Å². The fourth-order valence-electron chi connectivity index (χ4n) is 16.9. The maximum absolute atomic E-state index is 14.0. The van der Waals surface area contributed by atoms with E-state index in [2.05, 4.69) is 0 Å². The number of aliphatic hydroxyl groups is 7. The third-order valence-corrected chi connectivity index (χ3v) is 21.6. The molecule has 3 saturated carbocycles. The van der Waals surface area contributed by atoms with Crippen LogP contribution in [0.3, 0.4) is 0 Å². The van der Waals surface area contributed by atoms with Gasteiger partial charge in [-0.05, 0) is 90.7 Å². The van der Waals surface area contributed by atoms with Crippen LogP contribution in [0.5, 0.6) is 0 Å². The Bertz CT molecular complexity index is 2650. The second-order valence-electron chi connectivity index (χ2n) is 26.7. The first-order valence-corrected chi connectivity index (χ1v) is 31.8. The first kappa shape index (κ1) is 69.6. The lowest BCUT2D eigenvalue weighted by Crippen LogP contribution is -2.80. The van der Waals surface area contributed by atoms with Crippen molar-refractivity contribution < 1.29 is 126 Å². The summed E-state index contributed by atoms with van der Waals surface area (Å²) in [5.41, 5.74) is -5.06. The molecule has 0 unspecified atom stereocenters. The first-order chi connectivity index (χ1) is 42.7. The van der Waals surface area contributed by atoms with Crippen molar-refractivity contribution in [2.24, 2.45) is 22.7 Å². The number of ketones is 1. The molecule has 9 aliphatic rings. The summed E-state index contributed by atoms with van der Waals surface area (Å²) < 4.78 is 100. The molecule has 1 aromatic carbocycles. The molecule has 5 heterocycles. The van der Waals surface area contributed by atoms with Crippen molar-refractivity contribution in [1.29, 1.82) is 0 Å². The predicted octanol–water partition coefficient (Wildman–Crippen LogP) is 2.06. The van der Waals surface area contributed by atoms with Crippen molar-refractivity contribution in [2.45, 2.75) is 278 Å². The molecule has 5 saturated heterocycles. The van der Waals surface area contributed by atoms with Gasteiger partial charge >= 0.3 is 11.9 Å². The van der Waals surface area contributed by atoms with Crippen LogP contribution in [0.25, 0.3) is 0 Å².